The quantitative estimate of drug-likeness (QED) is 0.489. The molecule has 0 bridgehead atoms. The number of nitrogens with one attached hydrogen (secondary N) is 1. The zero-order valence-corrected chi connectivity index (χ0v) is 19.5. The van der Waals surface area contributed by atoms with Crippen LogP contribution in [0.3, 0.4) is 0 Å². The van der Waals surface area contributed by atoms with Crippen LogP contribution in [0.2, 0.25) is 0 Å². The van der Waals surface area contributed by atoms with Gasteiger partial charge in [-0.15, -0.1) is 11.3 Å². The first-order chi connectivity index (χ1) is 14.2. The van der Waals surface area contributed by atoms with Crippen molar-refractivity contribution in [3.63, 3.8) is 0 Å². The first-order valence-corrected chi connectivity index (χ1v) is 10.7. The predicted octanol–water partition coefficient (Wildman–Crippen LogP) is 6.63. The molecule has 1 aromatic heterocycles. The molecule has 9 heteroatoms. The minimum Gasteiger partial charge on any atom is -0.435 e. The number of thiophene rings is 1. The molecular weight excluding hydrogens is 429 g/mol. The number of nitrogens with zero attached hydrogens (tertiary/aromatic N) is 1. The Kier molecular flexibility index (Phi) is 7.65. The number of ether oxygens (including phenoxy) is 1. The van der Waals surface area contributed by atoms with Crippen molar-refractivity contribution in [2.75, 3.05) is 17.3 Å². The van der Waals surface area contributed by atoms with Crippen LogP contribution < -0.4 is 15.0 Å². The summed E-state index contributed by atoms with van der Waals surface area (Å²) in [7, 11) is 1.43. The Balaban J connectivity index is 2.44. The number of benzene rings is 1. The van der Waals surface area contributed by atoms with Gasteiger partial charge < -0.3 is 15.2 Å². The number of hydrogen-bond acceptors (Lipinski definition) is 4. The Labute approximate surface area is 184 Å². The second-order valence-corrected chi connectivity index (χ2v) is 9.51. The largest absolute Gasteiger partial charge is 0.435 e. The average molecular weight is 459 g/mol. The van der Waals surface area contributed by atoms with Crippen LogP contribution in [0.15, 0.2) is 18.2 Å². The van der Waals surface area contributed by atoms with Crippen molar-refractivity contribution in [2.24, 2.45) is 0 Å². The second kappa shape index (κ2) is 9.48. The molecule has 0 fully saturated rings. The van der Waals surface area contributed by atoms with E-state index in [1.807, 2.05) is 27.7 Å². The molecule has 0 radical (unpaired) electrons. The molecule has 2 rings (SSSR count). The topological polar surface area (TPSA) is 61.8 Å². The summed E-state index contributed by atoms with van der Waals surface area (Å²) >= 11 is 0.980. The van der Waals surface area contributed by atoms with Gasteiger partial charge in [0.15, 0.2) is 5.82 Å². The second-order valence-electron chi connectivity index (χ2n) is 8.48. The van der Waals surface area contributed by atoms with Crippen LogP contribution in [0.1, 0.15) is 69.4 Å². The zero-order valence-electron chi connectivity index (χ0n) is 18.7. The van der Waals surface area contributed by atoms with Crippen molar-refractivity contribution in [1.29, 1.82) is 0 Å². The highest BCUT2D eigenvalue weighted by Crippen LogP contribution is 2.39. The van der Waals surface area contributed by atoms with Gasteiger partial charge in [0, 0.05) is 17.6 Å². The van der Waals surface area contributed by atoms with E-state index in [9.17, 15) is 23.1 Å². The minimum absolute atomic E-state index is 0.0212. The number of anilines is 2. The third-order valence-electron chi connectivity index (χ3n) is 4.76. The molecule has 5 nitrogen and oxygen atoms in total. The lowest BCUT2D eigenvalue weighted by Crippen LogP contribution is -2.32. The Bertz CT molecular complexity index is 908. The van der Waals surface area contributed by atoms with Crippen LogP contribution in [0.5, 0.6) is 5.75 Å². The van der Waals surface area contributed by atoms with Crippen LogP contribution in [-0.2, 0) is 5.60 Å². The number of hydrogen-bond donors (Lipinski definition) is 2. The molecular formula is C22H29F3N2O3S. The fourth-order valence-electron chi connectivity index (χ4n) is 3.06. The van der Waals surface area contributed by atoms with Crippen molar-refractivity contribution in [3.05, 3.63) is 40.0 Å². The van der Waals surface area contributed by atoms with Crippen LogP contribution in [0, 0.1) is 5.82 Å². The number of amides is 2. The summed E-state index contributed by atoms with van der Waals surface area (Å²) in [5.74, 6) is -0.791. The number of urea groups is 1. The third-order valence-corrected chi connectivity index (χ3v) is 6.25. The Morgan fingerprint density at radius 2 is 1.65 bits per heavy atom. The van der Waals surface area contributed by atoms with Gasteiger partial charge in [-0.1, -0.05) is 27.7 Å². The van der Waals surface area contributed by atoms with Gasteiger partial charge in [-0.05, 0) is 55.0 Å². The number of aliphatic hydroxyl groups is 1. The van der Waals surface area contributed by atoms with Crippen molar-refractivity contribution >= 4 is 28.1 Å². The van der Waals surface area contributed by atoms with E-state index in [1.165, 1.54) is 39.1 Å². The maximum atomic E-state index is 14.5. The molecule has 0 aliphatic carbocycles. The smallest absolute Gasteiger partial charge is 0.387 e. The Hall–Kier alpha value is -2.26. The number of carbonyl (C=O) groups is 1. The van der Waals surface area contributed by atoms with E-state index in [-0.39, 0.29) is 22.6 Å². The number of carbonyl (C=O) groups excluding carboxylic acids is 1. The van der Waals surface area contributed by atoms with Crippen molar-refractivity contribution in [3.8, 4) is 5.75 Å². The maximum absolute atomic E-state index is 14.5. The van der Waals surface area contributed by atoms with E-state index in [1.54, 1.807) is 0 Å². The normalized spacial score (nSPS) is 12.1. The first kappa shape index (κ1) is 25.0. The van der Waals surface area contributed by atoms with Gasteiger partial charge in [0.05, 0.1) is 5.60 Å². The fraction of sp³-hybridized carbons (Fsp3) is 0.500. The van der Waals surface area contributed by atoms with E-state index in [0.717, 1.165) is 16.2 Å². The summed E-state index contributed by atoms with van der Waals surface area (Å²) in [6, 6.07) is 3.58. The van der Waals surface area contributed by atoms with Crippen LogP contribution in [0.25, 0.3) is 0 Å². The first-order valence-electron chi connectivity index (χ1n) is 9.91. The van der Waals surface area contributed by atoms with Crippen molar-refractivity contribution in [2.45, 2.75) is 65.6 Å². The molecule has 1 heterocycles. The molecule has 0 aliphatic rings. The molecule has 0 atom stereocenters. The maximum Gasteiger partial charge on any atom is 0.387 e. The molecule has 0 spiro atoms. The molecule has 0 saturated carbocycles. The van der Waals surface area contributed by atoms with Gasteiger partial charge in [-0.2, -0.15) is 8.78 Å². The van der Waals surface area contributed by atoms with Crippen LogP contribution in [0.4, 0.5) is 28.7 Å². The predicted molar refractivity (Wildman–Crippen MR) is 118 cm³/mol. The van der Waals surface area contributed by atoms with Crippen LogP contribution in [-0.4, -0.2) is 24.8 Å². The summed E-state index contributed by atoms with van der Waals surface area (Å²) in [6.07, 6.45) is 0. The molecule has 1 aromatic carbocycles. The molecule has 2 aromatic rings. The summed E-state index contributed by atoms with van der Waals surface area (Å²) in [5.41, 5.74) is 0.514. The molecule has 0 saturated heterocycles. The fourth-order valence-corrected chi connectivity index (χ4v) is 4.05. The van der Waals surface area contributed by atoms with E-state index < -0.39 is 24.1 Å². The van der Waals surface area contributed by atoms with Gasteiger partial charge in [-0.3, -0.25) is 4.90 Å². The Morgan fingerprint density at radius 3 is 2.03 bits per heavy atom. The highest BCUT2D eigenvalue weighted by molar-refractivity contribution is 7.16. The van der Waals surface area contributed by atoms with Crippen molar-refractivity contribution in [1.82, 2.24) is 0 Å². The molecule has 2 N–H and O–H groups in total. The standard InChI is InChI=1S/C22H29F3N2O3S/c1-11(2)14-8-13(30-20(24)25)9-15(12(3)4)18(14)26-21(28)27(7)19-16(23)10-17(31-19)22(5,6)29/h8-12,20,29H,1-7H3,(H,26,28). The average Bonchev–Trinajstić information content (AvgIpc) is 3.03. The van der Waals surface area contributed by atoms with Gasteiger partial charge >= 0.3 is 12.6 Å². The molecule has 0 unspecified atom stereocenters. The summed E-state index contributed by atoms with van der Waals surface area (Å²) < 4.78 is 44.6. The number of rotatable bonds is 7. The van der Waals surface area contributed by atoms with Crippen LogP contribution >= 0.6 is 11.3 Å². The Morgan fingerprint density at radius 1 is 1.13 bits per heavy atom. The lowest BCUT2D eigenvalue weighted by atomic mass is 9.92. The molecule has 31 heavy (non-hydrogen) atoms. The summed E-state index contributed by atoms with van der Waals surface area (Å²) in [4.78, 5) is 14.5. The van der Waals surface area contributed by atoms with E-state index in [0.29, 0.717) is 21.7 Å². The van der Waals surface area contributed by atoms with Gasteiger partial charge in [0.1, 0.15) is 10.8 Å². The van der Waals surface area contributed by atoms with E-state index in [2.05, 4.69) is 10.1 Å². The molecule has 172 valence electrons. The highest BCUT2D eigenvalue weighted by atomic mass is 32.1. The SMILES string of the molecule is CC(C)c1cc(OC(F)F)cc(C(C)C)c1NC(=O)N(C)c1sc(C(C)(C)O)cc1F. The highest BCUT2D eigenvalue weighted by Gasteiger charge is 2.27. The lowest BCUT2D eigenvalue weighted by molar-refractivity contribution is -0.0499. The van der Waals surface area contributed by atoms with Gasteiger partial charge in [-0.25, -0.2) is 9.18 Å². The number of halogens is 3. The molecule has 2 amide bonds. The van der Waals surface area contributed by atoms with E-state index >= 15 is 0 Å². The summed E-state index contributed by atoms with van der Waals surface area (Å²) in [6.45, 7) is 7.61. The van der Waals surface area contributed by atoms with Gasteiger partial charge in [0.25, 0.3) is 0 Å². The lowest BCUT2D eigenvalue weighted by Gasteiger charge is -2.24. The molecule has 0 aliphatic heterocycles. The number of alkyl halides is 2. The minimum atomic E-state index is -2.96. The summed E-state index contributed by atoms with van der Waals surface area (Å²) in [5, 5.41) is 13.0. The van der Waals surface area contributed by atoms with Crippen molar-refractivity contribution < 1.29 is 27.8 Å². The van der Waals surface area contributed by atoms with E-state index in [4.69, 9.17) is 0 Å². The zero-order chi connectivity index (χ0) is 23.7. The third kappa shape index (κ3) is 5.92. The monoisotopic (exact) mass is 458 g/mol. The van der Waals surface area contributed by atoms with Gasteiger partial charge in [0.2, 0.25) is 0 Å².